The highest BCUT2D eigenvalue weighted by Gasteiger charge is 2.22. The van der Waals surface area contributed by atoms with Crippen molar-refractivity contribution in [1.82, 2.24) is 0 Å². The molecule has 0 radical (unpaired) electrons. The molecular formula is C18H25NO2S. The predicted molar refractivity (Wildman–Crippen MR) is 92.7 cm³/mol. The maximum atomic E-state index is 12.1. The molecule has 0 aliphatic heterocycles. The number of primary sulfonamides is 1. The van der Waals surface area contributed by atoms with E-state index in [0.717, 1.165) is 16.5 Å². The van der Waals surface area contributed by atoms with Crippen molar-refractivity contribution in [2.75, 3.05) is 0 Å². The highest BCUT2D eigenvalue weighted by molar-refractivity contribution is 7.89. The van der Waals surface area contributed by atoms with Crippen LogP contribution in [-0.2, 0) is 20.9 Å². The van der Waals surface area contributed by atoms with Gasteiger partial charge in [-0.05, 0) is 39.5 Å². The van der Waals surface area contributed by atoms with Gasteiger partial charge in [0.05, 0.1) is 4.90 Å². The van der Waals surface area contributed by atoms with Crippen molar-refractivity contribution in [3.05, 3.63) is 41.5 Å². The fourth-order valence-corrected chi connectivity index (χ4v) is 3.23. The summed E-state index contributed by atoms with van der Waals surface area (Å²) in [4.78, 5) is 0.209. The molecular weight excluding hydrogens is 294 g/mol. The molecule has 2 aromatic carbocycles. The van der Waals surface area contributed by atoms with Crippen LogP contribution >= 0.6 is 0 Å². The standard InChI is InChI=1S/C18H25NO2S/c1-17(2,3)13-8-7-12-9-14(18(4,5)6)11-16(15(12)10-13)22(19,20)21/h7-11H,1-6H3,(H2,19,20,21). The number of sulfonamides is 1. The van der Waals surface area contributed by atoms with Crippen molar-refractivity contribution in [3.63, 3.8) is 0 Å². The molecule has 0 fully saturated rings. The van der Waals surface area contributed by atoms with E-state index in [-0.39, 0.29) is 15.7 Å². The van der Waals surface area contributed by atoms with Gasteiger partial charge in [0.2, 0.25) is 10.0 Å². The van der Waals surface area contributed by atoms with Crippen molar-refractivity contribution >= 4 is 20.8 Å². The summed E-state index contributed by atoms with van der Waals surface area (Å²) in [7, 11) is -3.77. The number of hydrogen-bond donors (Lipinski definition) is 1. The zero-order valence-corrected chi connectivity index (χ0v) is 15.0. The molecule has 2 rings (SSSR count). The third-order valence-electron chi connectivity index (χ3n) is 3.95. The third kappa shape index (κ3) is 3.33. The van der Waals surface area contributed by atoms with Crippen LogP contribution in [0.4, 0.5) is 0 Å². The van der Waals surface area contributed by atoms with Crippen LogP contribution in [0.25, 0.3) is 10.8 Å². The summed E-state index contributed by atoms with van der Waals surface area (Å²) in [5.74, 6) is 0. The van der Waals surface area contributed by atoms with Gasteiger partial charge in [-0.25, -0.2) is 13.6 Å². The number of rotatable bonds is 1. The highest BCUT2D eigenvalue weighted by atomic mass is 32.2. The first kappa shape index (κ1) is 17.0. The lowest BCUT2D eigenvalue weighted by Gasteiger charge is -2.23. The van der Waals surface area contributed by atoms with Gasteiger partial charge >= 0.3 is 0 Å². The summed E-state index contributed by atoms with van der Waals surface area (Å²) in [5.41, 5.74) is 1.86. The Morgan fingerprint density at radius 1 is 0.818 bits per heavy atom. The van der Waals surface area contributed by atoms with Gasteiger partial charge in [0.15, 0.2) is 0 Å². The zero-order valence-electron chi connectivity index (χ0n) is 14.2. The summed E-state index contributed by atoms with van der Waals surface area (Å²) in [5, 5.41) is 7.07. The second kappa shape index (κ2) is 5.07. The van der Waals surface area contributed by atoms with Gasteiger partial charge in [0, 0.05) is 5.39 Å². The minimum absolute atomic E-state index is 0.0491. The Bertz CT molecular complexity index is 823. The van der Waals surface area contributed by atoms with Crippen LogP contribution in [0.3, 0.4) is 0 Å². The highest BCUT2D eigenvalue weighted by Crippen LogP contribution is 2.33. The van der Waals surface area contributed by atoms with Crippen LogP contribution in [0.5, 0.6) is 0 Å². The van der Waals surface area contributed by atoms with E-state index >= 15 is 0 Å². The average Bonchev–Trinajstić information content (AvgIpc) is 2.33. The Labute approximate surface area is 133 Å². The van der Waals surface area contributed by atoms with E-state index in [1.807, 2.05) is 12.1 Å². The lowest BCUT2D eigenvalue weighted by molar-refractivity contribution is 0.584. The molecule has 2 N–H and O–H groups in total. The Balaban J connectivity index is 2.90. The van der Waals surface area contributed by atoms with Crippen LogP contribution in [0.1, 0.15) is 52.7 Å². The third-order valence-corrected chi connectivity index (χ3v) is 4.91. The Kier molecular flexibility index (Phi) is 3.91. The van der Waals surface area contributed by atoms with Gasteiger partial charge in [-0.3, -0.25) is 0 Å². The Morgan fingerprint density at radius 3 is 1.82 bits per heavy atom. The molecule has 2 aromatic rings. The van der Waals surface area contributed by atoms with Crippen molar-refractivity contribution < 1.29 is 8.42 Å². The molecule has 0 spiro atoms. The van der Waals surface area contributed by atoms with E-state index in [9.17, 15) is 8.42 Å². The van der Waals surface area contributed by atoms with E-state index in [4.69, 9.17) is 5.14 Å². The molecule has 0 saturated heterocycles. The van der Waals surface area contributed by atoms with Crippen molar-refractivity contribution in [1.29, 1.82) is 0 Å². The lowest BCUT2D eigenvalue weighted by Crippen LogP contribution is -2.17. The summed E-state index contributed by atoms with van der Waals surface area (Å²) in [6.45, 7) is 12.5. The molecule has 0 heterocycles. The minimum Gasteiger partial charge on any atom is -0.225 e. The molecule has 0 bridgehead atoms. The monoisotopic (exact) mass is 319 g/mol. The first-order chi connectivity index (χ1) is 9.80. The van der Waals surface area contributed by atoms with Gasteiger partial charge in [-0.15, -0.1) is 0 Å². The quantitative estimate of drug-likeness (QED) is 0.861. The van der Waals surface area contributed by atoms with Gasteiger partial charge in [0.1, 0.15) is 0 Å². The number of fused-ring (bicyclic) bond motifs is 1. The zero-order chi connectivity index (χ0) is 16.9. The van der Waals surface area contributed by atoms with E-state index in [1.165, 1.54) is 0 Å². The van der Waals surface area contributed by atoms with Crippen molar-refractivity contribution in [2.24, 2.45) is 5.14 Å². The van der Waals surface area contributed by atoms with Gasteiger partial charge in [-0.2, -0.15) is 0 Å². The van der Waals surface area contributed by atoms with E-state index in [2.05, 4.69) is 53.7 Å². The topological polar surface area (TPSA) is 60.2 Å². The SMILES string of the molecule is CC(C)(C)c1cc(S(N)(=O)=O)c2cc(C(C)(C)C)ccc2c1. The van der Waals surface area contributed by atoms with Gasteiger partial charge in [0.25, 0.3) is 0 Å². The maximum absolute atomic E-state index is 12.1. The minimum atomic E-state index is -3.77. The fourth-order valence-electron chi connectivity index (χ4n) is 2.46. The predicted octanol–water partition coefficient (Wildman–Crippen LogP) is 4.08. The van der Waals surface area contributed by atoms with Crippen LogP contribution in [-0.4, -0.2) is 8.42 Å². The lowest BCUT2D eigenvalue weighted by atomic mass is 9.83. The first-order valence-corrected chi connectivity index (χ1v) is 8.96. The van der Waals surface area contributed by atoms with Crippen molar-refractivity contribution in [3.8, 4) is 0 Å². The summed E-state index contributed by atoms with van der Waals surface area (Å²) < 4.78 is 24.1. The van der Waals surface area contributed by atoms with Gasteiger partial charge < -0.3 is 0 Å². The molecule has 0 atom stereocenters. The normalized spacial score (nSPS) is 13.6. The summed E-state index contributed by atoms with van der Waals surface area (Å²) in [6.07, 6.45) is 0. The maximum Gasteiger partial charge on any atom is 0.238 e. The second-order valence-electron chi connectivity index (χ2n) is 7.96. The van der Waals surface area contributed by atoms with Crippen LogP contribution in [0.15, 0.2) is 35.2 Å². The molecule has 0 saturated carbocycles. The molecule has 0 aromatic heterocycles. The fraction of sp³-hybridized carbons (Fsp3) is 0.444. The van der Waals surface area contributed by atoms with Crippen LogP contribution in [0.2, 0.25) is 0 Å². The molecule has 22 heavy (non-hydrogen) atoms. The first-order valence-electron chi connectivity index (χ1n) is 7.42. The largest absolute Gasteiger partial charge is 0.238 e. The number of hydrogen-bond acceptors (Lipinski definition) is 2. The van der Waals surface area contributed by atoms with E-state index < -0.39 is 10.0 Å². The molecule has 120 valence electrons. The Hall–Kier alpha value is -1.39. The molecule has 0 unspecified atom stereocenters. The second-order valence-corrected chi connectivity index (χ2v) is 9.49. The summed E-state index contributed by atoms with van der Waals surface area (Å²) in [6, 6.07) is 9.75. The summed E-state index contributed by atoms with van der Waals surface area (Å²) >= 11 is 0. The molecule has 3 nitrogen and oxygen atoms in total. The van der Waals surface area contributed by atoms with E-state index in [0.29, 0.717) is 5.39 Å². The number of nitrogens with two attached hydrogens (primary N) is 1. The smallest absolute Gasteiger partial charge is 0.225 e. The van der Waals surface area contributed by atoms with Gasteiger partial charge in [-0.1, -0.05) is 59.7 Å². The van der Waals surface area contributed by atoms with Crippen molar-refractivity contribution in [2.45, 2.75) is 57.3 Å². The van der Waals surface area contributed by atoms with E-state index in [1.54, 1.807) is 6.07 Å². The number of benzene rings is 2. The molecule has 4 heteroatoms. The average molecular weight is 319 g/mol. The molecule has 0 aliphatic rings. The molecule has 0 amide bonds. The van der Waals surface area contributed by atoms with Crippen LogP contribution in [0, 0.1) is 0 Å². The van der Waals surface area contributed by atoms with Crippen LogP contribution < -0.4 is 5.14 Å². The molecule has 0 aliphatic carbocycles. The Morgan fingerprint density at radius 2 is 1.36 bits per heavy atom.